The van der Waals surface area contributed by atoms with Crippen molar-refractivity contribution >= 4 is 11.6 Å². The SMILES string of the molecule is Cc1cccc(Cc2ccccc2)c1NC(=O)CCCN1CCC(c2ccc(Oc3ccccc3)cc2)CC1. The standard InChI is InChI=1S/C35H38N2O2/c1-27-10-8-13-31(26-28-11-4-2-5-12-28)35(27)36-34(38)16-9-23-37-24-21-30(22-25-37)29-17-19-33(20-18-29)39-32-14-6-3-7-15-32/h2-8,10-15,17-20,30H,9,16,21-26H2,1H3,(H,36,38). The molecule has 0 aromatic heterocycles. The van der Waals surface area contributed by atoms with E-state index < -0.39 is 0 Å². The number of likely N-dealkylation sites (tertiary alicyclic amines) is 1. The number of carbonyl (C=O) groups is 1. The molecule has 4 nitrogen and oxygen atoms in total. The molecular formula is C35H38N2O2. The highest BCUT2D eigenvalue weighted by atomic mass is 16.5. The summed E-state index contributed by atoms with van der Waals surface area (Å²) in [5.41, 5.74) is 5.87. The van der Waals surface area contributed by atoms with Crippen molar-refractivity contribution in [2.75, 3.05) is 25.0 Å². The molecule has 0 radical (unpaired) electrons. The molecule has 1 amide bonds. The molecule has 1 aliphatic rings. The van der Waals surface area contributed by atoms with Gasteiger partial charge in [0, 0.05) is 12.1 Å². The number of piperidine rings is 1. The van der Waals surface area contributed by atoms with Gasteiger partial charge in [-0.3, -0.25) is 4.79 Å². The smallest absolute Gasteiger partial charge is 0.224 e. The van der Waals surface area contributed by atoms with Crippen LogP contribution in [-0.4, -0.2) is 30.4 Å². The zero-order valence-corrected chi connectivity index (χ0v) is 22.8. The first-order chi connectivity index (χ1) is 19.1. The van der Waals surface area contributed by atoms with E-state index >= 15 is 0 Å². The van der Waals surface area contributed by atoms with E-state index in [1.165, 1.54) is 11.1 Å². The van der Waals surface area contributed by atoms with E-state index in [9.17, 15) is 4.79 Å². The third-order valence-corrected chi connectivity index (χ3v) is 7.66. The van der Waals surface area contributed by atoms with Crippen molar-refractivity contribution in [3.8, 4) is 11.5 Å². The molecule has 0 spiro atoms. The lowest BCUT2D eigenvalue weighted by Gasteiger charge is -2.32. The van der Waals surface area contributed by atoms with Gasteiger partial charge in [0.1, 0.15) is 11.5 Å². The molecule has 0 saturated carbocycles. The second kappa shape index (κ2) is 13.3. The first-order valence-corrected chi connectivity index (χ1v) is 14.1. The number of benzene rings is 4. The Morgan fingerprint density at radius 1 is 0.821 bits per heavy atom. The molecule has 5 rings (SSSR count). The van der Waals surface area contributed by atoms with Crippen molar-refractivity contribution in [1.82, 2.24) is 4.90 Å². The first kappa shape index (κ1) is 26.7. The number of hydrogen-bond acceptors (Lipinski definition) is 3. The van der Waals surface area contributed by atoms with Crippen LogP contribution in [0.2, 0.25) is 0 Å². The number of hydrogen-bond donors (Lipinski definition) is 1. The second-order valence-corrected chi connectivity index (χ2v) is 10.5. The normalized spacial score (nSPS) is 14.2. The van der Waals surface area contributed by atoms with E-state index in [0.717, 1.165) is 73.6 Å². The average Bonchev–Trinajstić information content (AvgIpc) is 2.97. The third kappa shape index (κ3) is 7.58. The van der Waals surface area contributed by atoms with E-state index in [4.69, 9.17) is 4.74 Å². The van der Waals surface area contributed by atoms with E-state index in [-0.39, 0.29) is 5.91 Å². The van der Waals surface area contributed by atoms with Crippen LogP contribution in [0.5, 0.6) is 11.5 Å². The van der Waals surface area contributed by atoms with Gasteiger partial charge in [-0.05, 0) is 105 Å². The molecule has 0 bridgehead atoms. The summed E-state index contributed by atoms with van der Waals surface area (Å²) in [6.07, 6.45) is 4.54. The number of para-hydroxylation sites is 2. The van der Waals surface area contributed by atoms with Crippen LogP contribution >= 0.6 is 0 Å². The first-order valence-electron chi connectivity index (χ1n) is 14.1. The number of nitrogens with zero attached hydrogens (tertiary/aromatic N) is 1. The van der Waals surface area contributed by atoms with Gasteiger partial charge in [0.05, 0.1) is 0 Å². The second-order valence-electron chi connectivity index (χ2n) is 10.5. The maximum atomic E-state index is 12.9. The Balaban J connectivity index is 1.05. The van der Waals surface area contributed by atoms with E-state index in [0.29, 0.717) is 12.3 Å². The summed E-state index contributed by atoms with van der Waals surface area (Å²) in [6.45, 7) is 5.19. The molecule has 0 unspecified atom stereocenters. The Bertz CT molecular complexity index is 1330. The number of aryl methyl sites for hydroxylation is 1. The van der Waals surface area contributed by atoms with Gasteiger partial charge in [-0.2, -0.15) is 0 Å². The van der Waals surface area contributed by atoms with Crippen LogP contribution in [0.25, 0.3) is 0 Å². The summed E-state index contributed by atoms with van der Waals surface area (Å²) in [5, 5.41) is 3.22. The fraction of sp³-hybridized carbons (Fsp3) is 0.286. The molecule has 1 fully saturated rings. The maximum Gasteiger partial charge on any atom is 0.224 e. The predicted molar refractivity (Wildman–Crippen MR) is 160 cm³/mol. The monoisotopic (exact) mass is 518 g/mol. The van der Waals surface area contributed by atoms with Crippen LogP contribution in [0.15, 0.2) is 103 Å². The number of amides is 1. The van der Waals surface area contributed by atoms with Crippen molar-refractivity contribution in [1.29, 1.82) is 0 Å². The highest BCUT2D eigenvalue weighted by Crippen LogP contribution is 2.30. The Labute approximate surface area is 232 Å². The molecule has 1 saturated heterocycles. The molecule has 4 aromatic carbocycles. The number of anilines is 1. The summed E-state index contributed by atoms with van der Waals surface area (Å²) in [7, 11) is 0. The lowest BCUT2D eigenvalue weighted by molar-refractivity contribution is -0.116. The van der Waals surface area contributed by atoms with Gasteiger partial charge in [-0.25, -0.2) is 0 Å². The zero-order valence-electron chi connectivity index (χ0n) is 22.8. The van der Waals surface area contributed by atoms with E-state index in [1.807, 2.05) is 36.4 Å². The Kier molecular flexibility index (Phi) is 9.08. The average molecular weight is 519 g/mol. The Morgan fingerprint density at radius 2 is 1.49 bits per heavy atom. The van der Waals surface area contributed by atoms with Crippen LogP contribution < -0.4 is 10.1 Å². The van der Waals surface area contributed by atoms with E-state index in [1.54, 1.807) is 0 Å². The summed E-state index contributed by atoms with van der Waals surface area (Å²) in [6, 6.07) is 35.1. The fourth-order valence-electron chi connectivity index (χ4n) is 5.46. The number of carbonyl (C=O) groups excluding carboxylic acids is 1. The van der Waals surface area contributed by atoms with Crippen molar-refractivity contribution in [2.24, 2.45) is 0 Å². The van der Waals surface area contributed by atoms with E-state index in [2.05, 4.69) is 83.9 Å². The third-order valence-electron chi connectivity index (χ3n) is 7.66. The van der Waals surface area contributed by atoms with Crippen LogP contribution in [0, 0.1) is 6.92 Å². The van der Waals surface area contributed by atoms with Crippen molar-refractivity contribution in [3.63, 3.8) is 0 Å². The molecule has 4 heteroatoms. The molecule has 4 aromatic rings. The lowest BCUT2D eigenvalue weighted by atomic mass is 9.89. The number of nitrogens with one attached hydrogen (secondary N) is 1. The fourth-order valence-corrected chi connectivity index (χ4v) is 5.46. The van der Waals surface area contributed by atoms with Gasteiger partial charge >= 0.3 is 0 Å². The van der Waals surface area contributed by atoms with Gasteiger partial charge < -0.3 is 15.0 Å². The zero-order chi connectivity index (χ0) is 26.9. The Hall–Kier alpha value is -3.89. The van der Waals surface area contributed by atoms with Crippen molar-refractivity contribution in [2.45, 2.75) is 44.9 Å². The van der Waals surface area contributed by atoms with Gasteiger partial charge in [0.25, 0.3) is 0 Å². The van der Waals surface area contributed by atoms with Gasteiger partial charge in [-0.15, -0.1) is 0 Å². The minimum Gasteiger partial charge on any atom is -0.457 e. The highest BCUT2D eigenvalue weighted by Gasteiger charge is 2.21. The minimum atomic E-state index is 0.103. The van der Waals surface area contributed by atoms with Gasteiger partial charge in [-0.1, -0.05) is 78.9 Å². The summed E-state index contributed by atoms with van der Waals surface area (Å²) in [5.74, 6) is 2.42. The molecule has 1 aliphatic heterocycles. The van der Waals surface area contributed by atoms with Gasteiger partial charge in [0.15, 0.2) is 0 Å². The maximum absolute atomic E-state index is 12.9. The molecule has 200 valence electrons. The molecule has 1 heterocycles. The quantitative estimate of drug-likeness (QED) is 0.231. The Morgan fingerprint density at radius 3 is 2.21 bits per heavy atom. The highest BCUT2D eigenvalue weighted by molar-refractivity contribution is 5.92. The van der Waals surface area contributed by atoms with Crippen LogP contribution in [0.1, 0.15) is 53.9 Å². The van der Waals surface area contributed by atoms with Crippen LogP contribution in [0.3, 0.4) is 0 Å². The summed E-state index contributed by atoms with van der Waals surface area (Å²) >= 11 is 0. The van der Waals surface area contributed by atoms with Crippen molar-refractivity contribution in [3.05, 3.63) is 125 Å². The topological polar surface area (TPSA) is 41.6 Å². The molecular weight excluding hydrogens is 480 g/mol. The lowest BCUT2D eigenvalue weighted by Crippen LogP contribution is -2.34. The minimum absolute atomic E-state index is 0.103. The predicted octanol–water partition coefficient (Wildman–Crippen LogP) is 7.98. The summed E-state index contributed by atoms with van der Waals surface area (Å²) in [4.78, 5) is 15.4. The molecule has 1 N–H and O–H groups in total. The van der Waals surface area contributed by atoms with Crippen LogP contribution in [-0.2, 0) is 11.2 Å². The summed E-state index contributed by atoms with van der Waals surface area (Å²) < 4.78 is 5.94. The largest absolute Gasteiger partial charge is 0.457 e. The molecule has 0 aliphatic carbocycles. The molecule has 0 atom stereocenters. The number of rotatable bonds is 10. The van der Waals surface area contributed by atoms with Gasteiger partial charge in [0.2, 0.25) is 5.91 Å². The van der Waals surface area contributed by atoms with Crippen molar-refractivity contribution < 1.29 is 9.53 Å². The molecule has 39 heavy (non-hydrogen) atoms. The van der Waals surface area contributed by atoms with Crippen LogP contribution in [0.4, 0.5) is 5.69 Å². The number of ether oxygens (including phenoxy) is 1.